The predicted octanol–water partition coefficient (Wildman–Crippen LogP) is 9.84. The summed E-state index contributed by atoms with van der Waals surface area (Å²) in [6.45, 7) is 0.0503. The number of furan rings is 1. The van der Waals surface area contributed by atoms with E-state index in [1.54, 1.807) is 0 Å². The number of aromatic nitrogens is 1. The Hall–Kier alpha value is -5.52. The molecule has 5 heterocycles. The number of hydrogen-bond acceptors (Lipinski definition) is 3. The summed E-state index contributed by atoms with van der Waals surface area (Å²) in [6, 6.07) is 48.3. The van der Waals surface area contributed by atoms with E-state index in [9.17, 15) is 0 Å². The Morgan fingerprint density at radius 3 is 2.29 bits per heavy atom. The van der Waals surface area contributed by atoms with Gasteiger partial charge in [-0.15, -0.1) is 11.3 Å². The summed E-state index contributed by atoms with van der Waals surface area (Å²) in [7, 11) is 0. The maximum atomic E-state index is 6.76. The molecule has 208 valence electrons. The summed E-state index contributed by atoms with van der Waals surface area (Å²) in [5.74, 6) is 0. The Bertz CT molecular complexity index is 2670. The molecule has 9 aromatic rings. The van der Waals surface area contributed by atoms with Gasteiger partial charge in [0.15, 0.2) is 0 Å². The average Bonchev–Trinajstić information content (AvgIpc) is 3.80. The number of nitrogens with zero attached hydrogens (tertiary/aromatic N) is 2. The molecule has 45 heavy (non-hydrogen) atoms. The molecule has 0 N–H and O–H groups in total. The topological polar surface area (TPSA) is 21.3 Å². The molecule has 6 aromatic carbocycles. The van der Waals surface area contributed by atoms with Gasteiger partial charge in [0.05, 0.1) is 16.6 Å². The van der Waals surface area contributed by atoms with Gasteiger partial charge in [0, 0.05) is 48.9 Å². The van der Waals surface area contributed by atoms with Gasteiger partial charge in [0.1, 0.15) is 11.2 Å². The third kappa shape index (κ3) is 3.01. The summed E-state index contributed by atoms with van der Waals surface area (Å²) in [6.07, 6.45) is 0. The molecule has 0 saturated heterocycles. The third-order valence-corrected chi connectivity index (χ3v) is 10.8. The van der Waals surface area contributed by atoms with Crippen molar-refractivity contribution in [1.82, 2.24) is 4.48 Å². The Labute approximate surface area is 263 Å². The molecular formula is C40H23BN2OS. The first kappa shape index (κ1) is 23.9. The van der Waals surface area contributed by atoms with Crippen LogP contribution in [0.3, 0.4) is 0 Å². The zero-order chi connectivity index (χ0) is 29.2. The minimum absolute atomic E-state index is 0.0503. The lowest BCUT2D eigenvalue weighted by molar-refractivity contribution is 0.673. The van der Waals surface area contributed by atoms with Crippen LogP contribution in [0.15, 0.2) is 143 Å². The number of hydrogen-bond donors (Lipinski definition) is 0. The molecule has 3 nitrogen and oxygen atoms in total. The van der Waals surface area contributed by atoms with Gasteiger partial charge in [-0.05, 0) is 64.5 Å². The first-order valence-electron chi connectivity index (χ1n) is 15.4. The number of para-hydroxylation sites is 3. The number of fused-ring (bicyclic) bond motifs is 11. The molecule has 0 atom stereocenters. The molecular weight excluding hydrogens is 567 g/mol. The fourth-order valence-corrected chi connectivity index (χ4v) is 9.09. The molecule has 2 aliphatic heterocycles. The van der Waals surface area contributed by atoms with Crippen LogP contribution in [-0.2, 0) is 0 Å². The lowest BCUT2D eigenvalue weighted by atomic mass is 9.46. The average molecular weight is 591 g/mol. The standard InChI is InChI=1S/C40H23BN2OS/c1-3-11-24(12-4-1)25-19-20-32-29(21-25)36-38-30(22-28-27-15-7-10-18-35(27)44-39(28)36)40-37-34(23-45-40)42(26-13-5-2-6-14-26)33-17-9-8-16-31(33)41(37)43(32)38/h1-23H. The van der Waals surface area contributed by atoms with Crippen molar-refractivity contribution in [1.29, 1.82) is 0 Å². The van der Waals surface area contributed by atoms with Crippen LogP contribution in [0.1, 0.15) is 0 Å². The van der Waals surface area contributed by atoms with Gasteiger partial charge in [-0.25, -0.2) is 0 Å². The van der Waals surface area contributed by atoms with E-state index >= 15 is 0 Å². The molecule has 0 bridgehead atoms. The molecule has 0 fully saturated rings. The van der Waals surface area contributed by atoms with E-state index in [0.717, 1.165) is 16.6 Å². The maximum Gasteiger partial charge on any atom is 0.333 e. The van der Waals surface area contributed by atoms with Crippen LogP contribution in [0.4, 0.5) is 17.1 Å². The largest absolute Gasteiger partial charge is 0.455 e. The van der Waals surface area contributed by atoms with Crippen molar-refractivity contribution in [3.63, 3.8) is 0 Å². The molecule has 11 rings (SSSR count). The van der Waals surface area contributed by atoms with E-state index in [1.807, 2.05) is 11.3 Å². The summed E-state index contributed by atoms with van der Waals surface area (Å²) in [4.78, 5) is 3.80. The summed E-state index contributed by atoms with van der Waals surface area (Å²) in [5.41, 5.74) is 14.5. The van der Waals surface area contributed by atoms with Gasteiger partial charge in [-0.3, -0.25) is 0 Å². The van der Waals surface area contributed by atoms with Crippen molar-refractivity contribution < 1.29 is 4.42 Å². The highest BCUT2D eigenvalue weighted by molar-refractivity contribution is 7.17. The zero-order valence-electron chi connectivity index (χ0n) is 24.1. The first-order chi connectivity index (χ1) is 22.3. The van der Waals surface area contributed by atoms with Crippen molar-refractivity contribution in [2.45, 2.75) is 0 Å². The highest BCUT2D eigenvalue weighted by Gasteiger charge is 2.44. The van der Waals surface area contributed by atoms with E-state index in [4.69, 9.17) is 4.42 Å². The predicted molar refractivity (Wildman–Crippen MR) is 191 cm³/mol. The molecule has 0 saturated carbocycles. The van der Waals surface area contributed by atoms with Crippen molar-refractivity contribution in [3.8, 4) is 21.6 Å². The summed E-state index contributed by atoms with van der Waals surface area (Å²) < 4.78 is 9.37. The van der Waals surface area contributed by atoms with E-state index in [0.29, 0.717) is 0 Å². The van der Waals surface area contributed by atoms with Crippen LogP contribution < -0.4 is 15.8 Å². The number of benzene rings is 6. The molecule has 3 aromatic heterocycles. The van der Waals surface area contributed by atoms with Crippen LogP contribution in [-0.4, -0.2) is 11.3 Å². The van der Waals surface area contributed by atoms with Gasteiger partial charge in [0.25, 0.3) is 0 Å². The summed E-state index contributed by atoms with van der Waals surface area (Å²) >= 11 is 1.87. The van der Waals surface area contributed by atoms with E-state index in [-0.39, 0.29) is 6.85 Å². The van der Waals surface area contributed by atoms with Crippen molar-refractivity contribution in [2.24, 2.45) is 0 Å². The molecule has 0 aliphatic carbocycles. The van der Waals surface area contributed by atoms with Crippen LogP contribution in [0, 0.1) is 0 Å². The third-order valence-electron chi connectivity index (χ3n) is 9.83. The normalized spacial score (nSPS) is 13.2. The first-order valence-corrected chi connectivity index (χ1v) is 16.3. The lowest BCUT2D eigenvalue weighted by Crippen LogP contribution is -2.55. The molecule has 0 radical (unpaired) electrons. The molecule has 0 spiro atoms. The lowest BCUT2D eigenvalue weighted by Gasteiger charge is -2.37. The highest BCUT2D eigenvalue weighted by Crippen LogP contribution is 2.50. The Balaban J connectivity index is 1.33. The number of thiophene rings is 1. The highest BCUT2D eigenvalue weighted by atomic mass is 32.1. The van der Waals surface area contributed by atoms with E-state index < -0.39 is 0 Å². The quantitative estimate of drug-likeness (QED) is 0.187. The van der Waals surface area contributed by atoms with Gasteiger partial charge >= 0.3 is 6.85 Å². The maximum absolute atomic E-state index is 6.76. The summed E-state index contributed by atoms with van der Waals surface area (Å²) in [5, 5.41) is 7.14. The second-order valence-electron chi connectivity index (χ2n) is 12.1. The Morgan fingerprint density at radius 1 is 0.622 bits per heavy atom. The van der Waals surface area contributed by atoms with Crippen LogP contribution in [0.5, 0.6) is 0 Å². The molecule has 0 amide bonds. The van der Waals surface area contributed by atoms with Crippen molar-refractivity contribution in [3.05, 3.63) is 139 Å². The smallest absolute Gasteiger partial charge is 0.333 e. The van der Waals surface area contributed by atoms with E-state index in [2.05, 4.69) is 148 Å². The van der Waals surface area contributed by atoms with Crippen molar-refractivity contribution in [2.75, 3.05) is 4.90 Å². The minimum atomic E-state index is 0.0503. The Morgan fingerprint density at radius 2 is 1.40 bits per heavy atom. The SMILES string of the molecule is c1ccc(-c2ccc3c(c2)c2c4oc5ccccc5c4cc4c2n3B2c3ccccc3N(c3ccccc3)c3csc-4c32)cc1. The molecule has 2 aliphatic rings. The molecule has 5 heteroatoms. The monoisotopic (exact) mass is 590 g/mol. The number of anilines is 3. The second-order valence-corrected chi connectivity index (χ2v) is 13.0. The van der Waals surface area contributed by atoms with Gasteiger partial charge in [-0.1, -0.05) is 91.0 Å². The van der Waals surface area contributed by atoms with Gasteiger partial charge < -0.3 is 13.8 Å². The zero-order valence-corrected chi connectivity index (χ0v) is 24.9. The van der Waals surface area contributed by atoms with Crippen LogP contribution in [0.2, 0.25) is 0 Å². The van der Waals surface area contributed by atoms with E-state index in [1.165, 1.54) is 76.7 Å². The molecule has 0 unspecified atom stereocenters. The van der Waals surface area contributed by atoms with Gasteiger partial charge in [0.2, 0.25) is 0 Å². The number of rotatable bonds is 2. The van der Waals surface area contributed by atoms with Crippen LogP contribution >= 0.6 is 11.3 Å². The van der Waals surface area contributed by atoms with Crippen LogP contribution in [0.25, 0.3) is 65.3 Å². The van der Waals surface area contributed by atoms with Gasteiger partial charge in [-0.2, -0.15) is 0 Å². The minimum Gasteiger partial charge on any atom is -0.455 e. The van der Waals surface area contributed by atoms with Crippen molar-refractivity contribution >= 4 is 89.9 Å². The second kappa shape index (κ2) is 8.56. The Kier molecular flexibility index (Phi) is 4.54. The fraction of sp³-hybridized carbons (Fsp3) is 0. The fourth-order valence-electron chi connectivity index (χ4n) is 8.00.